The van der Waals surface area contributed by atoms with Gasteiger partial charge in [0, 0.05) is 32.6 Å². The van der Waals surface area contributed by atoms with Gasteiger partial charge in [-0.1, -0.05) is 76.6 Å². The van der Waals surface area contributed by atoms with Crippen LogP contribution < -0.4 is 20.7 Å². The Labute approximate surface area is 266 Å². The van der Waals surface area contributed by atoms with Crippen LogP contribution in [0.3, 0.4) is 0 Å². The van der Waals surface area contributed by atoms with Crippen LogP contribution >= 0.6 is 0 Å². The Bertz CT molecular complexity index is 1360. The van der Waals surface area contributed by atoms with E-state index in [-0.39, 0.29) is 42.5 Å². The highest BCUT2D eigenvalue weighted by molar-refractivity contribution is 5.96. The lowest BCUT2D eigenvalue weighted by Crippen LogP contribution is -2.61. The average molecular weight is 618 g/mol. The van der Waals surface area contributed by atoms with Gasteiger partial charge in [0.25, 0.3) is 0 Å². The number of likely N-dealkylation sites (N-methyl/N-ethyl adjacent to an activating group) is 2. The molecule has 10 nitrogen and oxygen atoms in total. The summed E-state index contributed by atoms with van der Waals surface area (Å²) in [6.45, 7) is 8.03. The molecule has 1 fully saturated rings. The van der Waals surface area contributed by atoms with Crippen molar-refractivity contribution in [1.82, 2.24) is 25.8 Å². The van der Waals surface area contributed by atoms with Crippen LogP contribution in [0.4, 0.5) is 0 Å². The molecule has 0 aliphatic carbocycles. The van der Waals surface area contributed by atoms with Crippen LogP contribution in [0.15, 0.2) is 60.8 Å². The fraction of sp³-hybridized carbons (Fsp3) is 0.486. The largest absolute Gasteiger partial charge is 0.488 e. The van der Waals surface area contributed by atoms with Gasteiger partial charge in [0.1, 0.15) is 30.0 Å². The van der Waals surface area contributed by atoms with E-state index in [1.807, 2.05) is 82.3 Å². The first kappa shape index (κ1) is 33.7. The molecule has 3 heterocycles. The maximum Gasteiger partial charge on any atom is 0.247 e. The molecule has 242 valence electrons. The topological polar surface area (TPSA) is 120 Å². The molecule has 0 aromatic heterocycles. The van der Waals surface area contributed by atoms with Crippen LogP contribution in [-0.2, 0) is 25.6 Å². The minimum Gasteiger partial charge on any atom is -0.488 e. The molecule has 2 aromatic carbocycles. The summed E-state index contributed by atoms with van der Waals surface area (Å²) in [5, 5.41) is 8.85. The second-order valence-electron chi connectivity index (χ2n) is 12.4. The van der Waals surface area contributed by atoms with E-state index >= 15 is 0 Å². The van der Waals surface area contributed by atoms with Gasteiger partial charge in [0.2, 0.25) is 23.6 Å². The summed E-state index contributed by atoms with van der Waals surface area (Å²) in [5.74, 6) is -0.943. The lowest BCUT2D eigenvalue weighted by atomic mass is 9.97. The Morgan fingerprint density at radius 1 is 1.04 bits per heavy atom. The Morgan fingerprint density at radius 2 is 1.73 bits per heavy atom. The summed E-state index contributed by atoms with van der Waals surface area (Å²) in [7, 11) is 3.38. The lowest BCUT2D eigenvalue weighted by molar-refractivity contribution is -0.149. The number of nitrogens with zero attached hydrogens (tertiary/aromatic N) is 2. The third-order valence-electron chi connectivity index (χ3n) is 8.97. The van der Waals surface area contributed by atoms with Gasteiger partial charge in [-0.25, -0.2) is 0 Å². The second kappa shape index (κ2) is 15.2. The molecule has 10 heteroatoms. The molecule has 4 amide bonds. The summed E-state index contributed by atoms with van der Waals surface area (Å²) in [6.07, 6.45) is 4.04. The summed E-state index contributed by atoms with van der Waals surface area (Å²) in [5.41, 5.74) is 1.77. The molecular formula is C35H47N5O5. The normalized spacial score (nSPS) is 22.7. The van der Waals surface area contributed by atoms with E-state index < -0.39 is 36.2 Å². The molecule has 2 unspecified atom stereocenters. The number of rotatable bonds is 9. The maximum absolute atomic E-state index is 14.6. The van der Waals surface area contributed by atoms with Crippen molar-refractivity contribution in [1.29, 1.82) is 0 Å². The SMILES string of the molecule is CCC(C)[C@@H]1NC(=O)[C@@H]2C(CCN2C(=O)[C@H](Cc2ccccc2)N(C)C(=O)[C@@H](NC)C(C)C)Oc2ccc(cc2)/C=C\NC1=O. The number of fused-ring (bicyclic) bond motifs is 7. The number of amides is 4. The van der Waals surface area contributed by atoms with Crippen molar-refractivity contribution in [3.63, 3.8) is 0 Å². The van der Waals surface area contributed by atoms with Crippen LogP contribution in [0.2, 0.25) is 0 Å². The quantitative estimate of drug-likeness (QED) is 0.398. The number of hydrogen-bond donors (Lipinski definition) is 3. The predicted molar refractivity (Wildman–Crippen MR) is 174 cm³/mol. The molecule has 0 saturated carbocycles. The fourth-order valence-corrected chi connectivity index (χ4v) is 6.06. The standard InChI is InChI=1S/C35H47N5O5/c1-7-23(4)30-32(41)37-19-17-24-13-15-26(16-14-24)45-28-18-20-40(31(28)33(42)38-30)34(43)27(21-25-11-9-8-10-12-25)39(6)35(44)29(36-5)22(2)3/h8-17,19,22-23,27-31,36H,7,18,20-21H2,1-6H3,(H,37,41)(H,38,42)/b19-17-/t23?,27-,28?,29-,30-,31-/m0/s1. The molecule has 1 saturated heterocycles. The van der Waals surface area contributed by atoms with E-state index in [1.54, 1.807) is 26.4 Å². The van der Waals surface area contributed by atoms with E-state index in [0.717, 1.165) is 11.1 Å². The average Bonchev–Trinajstić information content (AvgIpc) is 3.45. The van der Waals surface area contributed by atoms with Gasteiger partial charge in [-0.2, -0.15) is 0 Å². The van der Waals surface area contributed by atoms with E-state index in [4.69, 9.17) is 4.74 Å². The highest BCUT2D eigenvalue weighted by atomic mass is 16.5. The zero-order valence-corrected chi connectivity index (χ0v) is 27.2. The molecule has 45 heavy (non-hydrogen) atoms. The van der Waals surface area contributed by atoms with Crippen molar-refractivity contribution in [3.05, 3.63) is 71.9 Å². The summed E-state index contributed by atoms with van der Waals surface area (Å²) < 4.78 is 6.36. The first-order chi connectivity index (χ1) is 21.5. The molecule has 0 spiro atoms. The van der Waals surface area contributed by atoms with Crippen molar-refractivity contribution in [2.75, 3.05) is 20.6 Å². The molecule has 6 atom stereocenters. The van der Waals surface area contributed by atoms with Crippen molar-refractivity contribution in [2.24, 2.45) is 11.8 Å². The van der Waals surface area contributed by atoms with Gasteiger partial charge in [0.05, 0.1) is 6.04 Å². The first-order valence-electron chi connectivity index (χ1n) is 15.9. The predicted octanol–water partition coefficient (Wildman–Crippen LogP) is 2.98. The van der Waals surface area contributed by atoms with E-state index in [9.17, 15) is 19.2 Å². The van der Waals surface area contributed by atoms with Crippen LogP contribution in [-0.4, -0.2) is 84.3 Å². The van der Waals surface area contributed by atoms with Gasteiger partial charge in [-0.15, -0.1) is 0 Å². The smallest absolute Gasteiger partial charge is 0.247 e. The minimum atomic E-state index is -1.01. The van der Waals surface area contributed by atoms with E-state index in [0.29, 0.717) is 18.6 Å². The summed E-state index contributed by atoms with van der Waals surface area (Å²) >= 11 is 0. The zero-order valence-electron chi connectivity index (χ0n) is 27.2. The van der Waals surface area contributed by atoms with Gasteiger partial charge in [0.15, 0.2) is 0 Å². The van der Waals surface area contributed by atoms with Crippen molar-refractivity contribution in [2.45, 2.75) is 77.2 Å². The highest BCUT2D eigenvalue weighted by Crippen LogP contribution is 2.28. The highest BCUT2D eigenvalue weighted by Gasteiger charge is 2.47. The third-order valence-corrected chi connectivity index (χ3v) is 8.97. The zero-order chi connectivity index (χ0) is 32.7. The first-order valence-corrected chi connectivity index (χ1v) is 15.9. The van der Waals surface area contributed by atoms with E-state index in [2.05, 4.69) is 16.0 Å². The van der Waals surface area contributed by atoms with Crippen molar-refractivity contribution < 1.29 is 23.9 Å². The van der Waals surface area contributed by atoms with E-state index in [1.165, 1.54) is 9.80 Å². The van der Waals surface area contributed by atoms with Crippen molar-refractivity contribution >= 4 is 29.7 Å². The Morgan fingerprint density at radius 3 is 2.36 bits per heavy atom. The third kappa shape index (κ3) is 7.92. The Balaban J connectivity index is 1.73. The number of carbonyl (C=O) groups is 4. The van der Waals surface area contributed by atoms with Crippen LogP contribution in [0, 0.1) is 11.8 Å². The molecule has 3 aliphatic heterocycles. The number of likely N-dealkylation sites (tertiary alicyclic amines) is 1. The van der Waals surface area contributed by atoms with Gasteiger partial charge >= 0.3 is 0 Å². The fourth-order valence-electron chi connectivity index (χ4n) is 6.06. The van der Waals surface area contributed by atoms with Crippen LogP contribution in [0.25, 0.3) is 6.08 Å². The molecule has 2 aromatic rings. The van der Waals surface area contributed by atoms with Crippen LogP contribution in [0.5, 0.6) is 5.75 Å². The van der Waals surface area contributed by atoms with Gasteiger partial charge in [-0.05, 0) is 48.2 Å². The van der Waals surface area contributed by atoms with Gasteiger partial charge in [-0.3, -0.25) is 19.2 Å². The number of carbonyl (C=O) groups excluding carboxylic acids is 4. The molecule has 5 rings (SSSR count). The maximum atomic E-state index is 14.6. The molecular weight excluding hydrogens is 570 g/mol. The monoisotopic (exact) mass is 617 g/mol. The molecule has 2 bridgehead atoms. The van der Waals surface area contributed by atoms with Crippen LogP contribution in [0.1, 0.15) is 51.7 Å². The Hall–Kier alpha value is -4.18. The number of hydrogen-bond acceptors (Lipinski definition) is 6. The molecule has 0 radical (unpaired) electrons. The number of ether oxygens (including phenoxy) is 1. The van der Waals surface area contributed by atoms with Crippen molar-refractivity contribution in [3.8, 4) is 5.75 Å². The summed E-state index contributed by atoms with van der Waals surface area (Å²) in [6, 6.07) is 13.7. The Kier molecular flexibility index (Phi) is 11.4. The lowest BCUT2D eigenvalue weighted by Gasteiger charge is -2.36. The van der Waals surface area contributed by atoms with Gasteiger partial charge < -0.3 is 30.5 Å². The minimum absolute atomic E-state index is 0.00256. The summed E-state index contributed by atoms with van der Waals surface area (Å²) in [4.78, 5) is 58.8. The molecule has 3 aliphatic rings. The molecule has 3 N–H and O–H groups in total. The number of nitrogens with one attached hydrogen (secondary N) is 3. The second-order valence-corrected chi connectivity index (χ2v) is 12.4. The number of benzene rings is 2.